The van der Waals surface area contributed by atoms with Gasteiger partial charge in [-0.1, -0.05) is 23.7 Å². The maximum absolute atomic E-state index is 10.7. The van der Waals surface area contributed by atoms with Crippen LogP contribution in [0.15, 0.2) is 24.3 Å². The average molecular weight is 277 g/mol. The molecular formula is C11H15ClNO3S. The van der Waals surface area contributed by atoms with Crippen LogP contribution in [0.4, 0.5) is 0 Å². The normalized spacial score (nSPS) is 11.6. The van der Waals surface area contributed by atoms with Gasteiger partial charge in [0.2, 0.25) is 10.0 Å². The molecule has 17 heavy (non-hydrogen) atoms. The fraction of sp³-hybridized carbons (Fsp3) is 0.364. The van der Waals surface area contributed by atoms with Gasteiger partial charge in [0.25, 0.3) is 0 Å². The van der Waals surface area contributed by atoms with Gasteiger partial charge in [0.15, 0.2) is 0 Å². The molecule has 0 amide bonds. The highest BCUT2D eigenvalue weighted by Crippen LogP contribution is 2.10. The summed E-state index contributed by atoms with van der Waals surface area (Å²) in [7, 11) is -3.11. The molecule has 1 rings (SSSR count). The van der Waals surface area contributed by atoms with Crippen LogP contribution in [0, 0.1) is 6.61 Å². The van der Waals surface area contributed by atoms with E-state index < -0.39 is 10.0 Å². The maximum atomic E-state index is 10.7. The number of hydrogen-bond donors (Lipinski definition) is 1. The van der Waals surface area contributed by atoms with Crippen LogP contribution in [0.25, 0.3) is 0 Å². The third kappa shape index (κ3) is 7.33. The van der Waals surface area contributed by atoms with E-state index in [1.807, 2.05) is 12.1 Å². The molecule has 0 bridgehead atoms. The first kappa shape index (κ1) is 14.4. The lowest BCUT2D eigenvalue weighted by Gasteiger charge is -2.04. The molecule has 0 aliphatic rings. The summed E-state index contributed by atoms with van der Waals surface area (Å²) < 4.78 is 29.1. The van der Waals surface area contributed by atoms with E-state index in [2.05, 4.69) is 4.72 Å². The Labute approximate surface area is 107 Å². The highest BCUT2D eigenvalue weighted by atomic mass is 35.5. The van der Waals surface area contributed by atoms with Crippen molar-refractivity contribution in [1.29, 1.82) is 0 Å². The first-order valence-corrected chi connectivity index (χ1v) is 7.37. The quantitative estimate of drug-likeness (QED) is 0.775. The van der Waals surface area contributed by atoms with Crippen molar-refractivity contribution in [2.24, 2.45) is 0 Å². The molecule has 0 fully saturated rings. The number of rotatable bonds is 7. The van der Waals surface area contributed by atoms with Crippen LogP contribution in [0.5, 0.6) is 0 Å². The van der Waals surface area contributed by atoms with E-state index in [0.717, 1.165) is 11.8 Å². The molecule has 0 saturated carbocycles. The number of benzene rings is 1. The van der Waals surface area contributed by atoms with Crippen LogP contribution in [-0.2, 0) is 21.4 Å². The van der Waals surface area contributed by atoms with E-state index in [-0.39, 0.29) is 0 Å². The number of hydrogen-bond acceptors (Lipinski definition) is 3. The molecule has 0 aliphatic heterocycles. The van der Waals surface area contributed by atoms with E-state index in [9.17, 15) is 8.42 Å². The second kappa shape index (κ2) is 6.96. The summed E-state index contributed by atoms with van der Waals surface area (Å²) in [5, 5.41) is 0.690. The monoisotopic (exact) mass is 276 g/mol. The topological polar surface area (TPSA) is 55.4 Å². The second-order valence-electron chi connectivity index (χ2n) is 3.56. The number of sulfonamides is 1. The lowest BCUT2D eigenvalue weighted by Crippen LogP contribution is -2.23. The van der Waals surface area contributed by atoms with Gasteiger partial charge < -0.3 is 4.74 Å². The minimum absolute atomic E-state index is 0.347. The zero-order valence-corrected chi connectivity index (χ0v) is 11.1. The summed E-state index contributed by atoms with van der Waals surface area (Å²) in [6, 6.07) is 7.35. The Morgan fingerprint density at radius 2 is 2.00 bits per heavy atom. The molecule has 0 aliphatic carbocycles. The molecule has 0 spiro atoms. The van der Waals surface area contributed by atoms with E-state index in [1.165, 1.54) is 0 Å². The van der Waals surface area contributed by atoms with Crippen molar-refractivity contribution in [1.82, 2.24) is 4.72 Å². The van der Waals surface area contributed by atoms with Crippen LogP contribution in [0.2, 0.25) is 5.02 Å². The summed E-state index contributed by atoms with van der Waals surface area (Å²) in [5.74, 6) is 0. The van der Waals surface area contributed by atoms with Crippen molar-refractivity contribution in [2.45, 2.75) is 13.0 Å². The summed E-state index contributed by atoms with van der Waals surface area (Å²) in [5.41, 5.74) is 1.02. The van der Waals surface area contributed by atoms with Crippen molar-refractivity contribution in [3.8, 4) is 0 Å². The Hall–Kier alpha value is -0.620. The largest absolute Gasteiger partial charge is 0.371 e. The van der Waals surface area contributed by atoms with Crippen LogP contribution in [-0.4, -0.2) is 21.2 Å². The Morgan fingerprint density at radius 1 is 1.35 bits per heavy atom. The van der Waals surface area contributed by atoms with Crippen LogP contribution < -0.4 is 4.72 Å². The van der Waals surface area contributed by atoms with Gasteiger partial charge in [-0.2, -0.15) is 0 Å². The maximum Gasteiger partial charge on any atom is 0.208 e. The van der Waals surface area contributed by atoms with E-state index >= 15 is 0 Å². The van der Waals surface area contributed by atoms with Crippen molar-refractivity contribution in [3.63, 3.8) is 0 Å². The highest BCUT2D eigenvalue weighted by Gasteiger charge is 1.99. The van der Waals surface area contributed by atoms with Crippen molar-refractivity contribution >= 4 is 21.6 Å². The molecule has 95 valence electrons. The second-order valence-corrected chi connectivity index (χ2v) is 5.83. The fourth-order valence-electron chi connectivity index (χ4n) is 1.12. The molecule has 1 aromatic carbocycles. The van der Waals surface area contributed by atoms with E-state index in [0.29, 0.717) is 24.6 Å². The van der Waals surface area contributed by atoms with E-state index in [1.54, 1.807) is 18.7 Å². The van der Waals surface area contributed by atoms with Gasteiger partial charge in [-0.3, -0.25) is 0 Å². The van der Waals surface area contributed by atoms with Gasteiger partial charge in [0.05, 0.1) is 19.5 Å². The van der Waals surface area contributed by atoms with Gasteiger partial charge in [-0.25, -0.2) is 13.1 Å². The SMILES string of the molecule is CS(=O)(=O)NCC[CH]OCc1ccc(Cl)cc1. The molecule has 0 unspecified atom stereocenters. The lowest BCUT2D eigenvalue weighted by molar-refractivity contribution is 0.179. The Morgan fingerprint density at radius 3 is 2.59 bits per heavy atom. The molecule has 1 radical (unpaired) electrons. The van der Waals surface area contributed by atoms with Crippen LogP contribution in [0.3, 0.4) is 0 Å². The van der Waals surface area contributed by atoms with Crippen LogP contribution in [0.1, 0.15) is 12.0 Å². The first-order valence-electron chi connectivity index (χ1n) is 5.10. The number of nitrogens with one attached hydrogen (secondary N) is 1. The number of halogens is 1. The zero-order chi connectivity index (χ0) is 12.7. The van der Waals surface area contributed by atoms with Gasteiger partial charge >= 0.3 is 0 Å². The third-order valence-corrected chi connectivity index (χ3v) is 2.89. The minimum Gasteiger partial charge on any atom is -0.371 e. The van der Waals surface area contributed by atoms with Gasteiger partial charge in [0, 0.05) is 11.6 Å². The predicted octanol–water partition coefficient (Wildman–Crippen LogP) is 1.96. The molecule has 0 heterocycles. The van der Waals surface area contributed by atoms with Gasteiger partial charge in [-0.15, -0.1) is 0 Å². The number of ether oxygens (including phenoxy) is 1. The zero-order valence-electron chi connectivity index (χ0n) is 9.52. The van der Waals surface area contributed by atoms with Crippen molar-refractivity contribution in [2.75, 3.05) is 12.8 Å². The Bertz CT molecular complexity index is 431. The predicted molar refractivity (Wildman–Crippen MR) is 68.0 cm³/mol. The molecule has 0 saturated heterocycles. The Balaban J connectivity index is 2.10. The molecule has 1 aromatic rings. The smallest absolute Gasteiger partial charge is 0.208 e. The van der Waals surface area contributed by atoms with Gasteiger partial charge in [-0.05, 0) is 24.1 Å². The first-order chi connectivity index (χ1) is 7.97. The standard InChI is InChI=1S/C11H15ClNO3S/c1-17(14,15)13-7-2-8-16-9-10-3-5-11(12)6-4-10/h3-6,8,13H,2,7,9H2,1H3. The summed E-state index contributed by atoms with van der Waals surface area (Å²) in [6.07, 6.45) is 1.65. The molecule has 4 nitrogen and oxygen atoms in total. The van der Waals surface area contributed by atoms with Gasteiger partial charge in [0.1, 0.15) is 0 Å². The molecule has 0 aromatic heterocycles. The molecular weight excluding hydrogens is 262 g/mol. The van der Waals surface area contributed by atoms with Crippen molar-refractivity contribution in [3.05, 3.63) is 41.5 Å². The van der Waals surface area contributed by atoms with Crippen LogP contribution >= 0.6 is 11.6 Å². The molecule has 0 atom stereocenters. The lowest BCUT2D eigenvalue weighted by atomic mass is 10.2. The highest BCUT2D eigenvalue weighted by molar-refractivity contribution is 7.88. The minimum atomic E-state index is -3.11. The van der Waals surface area contributed by atoms with E-state index in [4.69, 9.17) is 16.3 Å². The summed E-state index contributed by atoms with van der Waals surface area (Å²) in [6.45, 7) is 2.39. The molecule has 6 heteroatoms. The average Bonchev–Trinajstić information content (AvgIpc) is 2.24. The summed E-state index contributed by atoms with van der Waals surface area (Å²) in [4.78, 5) is 0. The Kier molecular flexibility index (Phi) is 5.91. The fourth-order valence-corrected chi connectivity index (χ4v) is 1.74. The summed E-state index contributed by atoms with van der Waals surface area (Å²) >= 11 is 5.74. The van der Waals surface area contributed by atoms with Crippen molar-refractivity contribution < 1.29 is 13.2 Å². The molecule has 1 N–H and O–H groups in total. The third-order valence-electron chi connectivity index (χ3n) is 1.91.